The third kappa shape index (κ3) is 8.49. The molecule has 325 valence electrons. The molecule has 1 saturated carbocycles. The van der Waals surface area contributed by atoms with Gasteiger partial charge in [0.05, 0.1) is 0 Å². The van der Waals surface area contributed by atoms with Crippen LogP contribution in [0.15, 0.2) is 110 Å². The fourth-order valence-electron chi connectivity index (χ4n) is 11.5. The molecule has 5 aromatic rings. The highest BCUT2D eigenvalue weighted by atomic mass is 14.8. The lowest BCUT2D eigenvalue weighted by Crippen LogP contribution is -2.42. The van der Waals surface area contributed by atoms with E-state index in [-0.39, 0.29) is 21.7 Å². The van der Waals surface area contributed by atoms with E-state index in [1.54, 1.807) is 5.56 Å². The Kier molecular flexibility index (Phi) is 12.3. The summed E-state index contributed by atoms with van der Waals surface area (Å²) in [5, 5.41) is 3.95. The molecular weight excluding hydrogens is 757 g/mol. The molecule has 0 aromatic heterocycles. The summed E-state index contributed by atoms with van der Waals surface area (Å²) < 4.78 is 0. The molecule has 2 heteroatoms. The average molecular weight is 831 g/mol. The quantitative estimate of drug-likeness (QED) is 0.138. The molecule has 0 saturated heterocycles. The molecular formula is C61H73BN. The lowest BCUT2D eigenvalue weighted by Gasteiger charge is -2.50. The van der Waals surface area contributed by atoms with Crippen LogP contribution < -0.4 is 10.7 Å². The summed E-state index contributed by atoms with van der Waals surface area (Å²) >= 11 is 0. The number of aryl methyl sites for hydroxylation is 3. The van der Waals surface area contributed by atoms with E-state index in [2.05, 4.69) is 192 Å². The highest BCUT2D eigenvalue weighted by Crippen LogP contribution is 2.54. The third-order valence-electron chi connectivity index (χ3n) is 16.2. The number of rotatable bonds is 10. The van der Waals surface area contributed by atoms with Crippen LogP contribution in [0.4, 0.5) is 5.69 Å². The number of fused-ring (bicyclic) bond motifs is 2. The van der Waals surface area contributed by atoms with Gasteiger partial charge in [-0.1, -0.05) is 172 Å². The Labute approximate surface area is 382 Å². The number of nitrogens with one attached hydrogen (secondary N) is 1. The predicted molar refractivity (Wildman–Crippen MR) is 277 cm³/mol. The van der Waals surface area contributed by atoms with Gasteiger partial charge in [-0.15, -0.1) is 0 Å². The van der Waals surface area contributed by atoms with Gasteiger partial charge < -0.3 is 5.23 Å². The van der Waals surface area contributed by atoms with Crippen LogP contribution in [0.3, 0.4) is 0 Å². The third-order valence-corrected chi connectivity index (χ3v) is 16.2. The molecule has 0 spiro atoms. The van der Waals surface area contributed by atoms with Crippen molar-refractivity contribution in [3.63, 3.8) is 0 Å². The summed E-state index contributed by atoms with van der Waals surface area (Å²) in [5.41, 5.74) is 24.2. The van der Waals surface area contributed by atoms with Crippen molar-refractivity contribution in [2.75, 3.05) is 5.23 Å². The second-order valence-electron chi connectivity index (χ2n) is 21.8. The van der Waals surface area contributed by atoms with Gasteiger partial charge in [-0.3, -0.25) is 0 Å². The van der Waals surface area contributed by atoms with Crippen molar-refractivity contribution >= 4 is 35.3 Å². The molecule has 8 rings (SSSR count). The van der Waals surface area contributed by atoms with Crippen molar-refractivity contribution in [1.82, 2.24) is 0 Å². The number of benzene rings is 5. The van der Waals surface area contributed by atoms with Gasteiger partial charge in [0.15, 0.2) is 0 Å². The normalized spacial score (nSPS) is 21.7. The fourth-order valence-corrected chi connectivity index (χ4v) is 11.5. The zero-order valence-electron chi connectivity index (χ0n) is 40.7. The van der Waals surface area contributed by atoms with Crippen LogP contribution in [-0.4, -0.2) is 7.41 Å². The van der Waals surface area contributed by atoms with Crippen LogP contribution in [-0.2, 0) is 29.1 Å². The van der Waals surface area contributed by atoms with Gasteiger partial charge in [0, 0.05) is 5.69 Å². The summed E-state index contributed by atoms with van der Waals surface area (Å²) in [6.07, 6.45) is 16.7. The van der Waals surface area contributed by atoms with Gasteiger partial charge in [0.2, 0.25) is 0 Å². The number of anilines is 1. The minimum Gasteiger partial charge on any atom is -0.428 e. The van der Waals surface area contributed by atoms with Crippen molar-refractivity contribution in [2.45, 2.75) is 157 Å². The van der Waals surface area contributed by atoms with Crippen LogP contribution in [0, 0.1) is 26.2 Å². The number of hydrogen-bond donors (Lipinski definition) is 1. The lowest BCUT2D eigenvalue weighted by molar-refractivity contribution is 0.108. The van der Waals surface area contributed by atoms with E-state index in [1.807, 2.05) is 0 Å². The highest BCUT2D eigenvalue weighted by molar-refractivity contribution is 6.59. The molecule has 5 aromatic carbocycles. The Morgan fingerprint density at radius 1 is 0.635 bits per heavy atom. The maximum absolute atomic E-state index is 4.84. The molecule has 1 N–H and O–H groups in total. The Morgan fingerprint density at radius 3 is 2.03 bits per heavy atom. The van der Waals surface area contributed by atoms with Crippen molar-refractivity contribution in [2.24, 2.45) is 5.41 Å². The largest absolute Gasteiger partial charge is 0.428 e. The minimum atomic E-state index is 0.0746. The second-order valence-corrected chi connectivity index (χ2v) is 21.8. The van der Waals surface area contributed by atoms with Crippen LogP contribution in [0.2, 0.25) is 0 Å². The molecule has 3 aliphatic rings. The van der Waals surface area contributed by atoms with E-state index < -0.39 is 0 Å². The molecule has 63 heavy (non-hydrogen) atoms. The van der Waals surface area contributed by atoms with Gasteiger partial charge in [0.25, 0.3) is 7.41 Å². The molecule has 1 unspecified atom stereocenters. The molecule has 1 atom stereocenters. The Balaban J connectivity index is 1.36. The van der Waals surface area contributed by atoms with Crippen molar-refractivity contribution in [1.29, 1.82) is 0 Å². The van der Waals surface area contributed by atoms with Gasteiger partial charge in [-0.2, -0.15) is 0 Å². The number of hydrogen-bond acceptors (Lipinski definition) is 1. The molecule has 1 radical (unpaired) electrons. The van der Waals surface area contributed by atoms with E-state index >= 15 is 0 Å². The second kappa shape index (κ2) is 17.3. The first-order valence-electron chi connectivity index (χ1n) is 24.2. The first kappa shape index (κ1) is 44.8. The number of unbranched alkanes of at least 4 members (excludes halogenated alkanes) is 1. The predicted octanol–water partition coefficient (Wildman–Crippen LogP) is 15.9. The first-order chi connectivity index (χ1) is 29.9. The van der Waals surface area contributed by atoms with E-state index in [1.165, 1.54) is 140 Å². The Morgan fingerprint density at radius 2 is 1.32 bits per heavy atom. The van der Waals surface area contributed by atoms with Crippen molar-refractivity contribution in [3.05, 3.63) is 171 Å². The standard InChI is InChI=1S/C61H73BN/c1-13-14-22-44-36-50(43(5)53(37-44)61(12)30-21-20-29-60(61,10)11)51-34-40(2)48-26-19-18-25-46(48)27-28-49(51)52-38-47(45-23-16-15-17-24-45)33-42(4)57(52)62-63-56-39-55-54(35-41(56)3)58(6,7)31-32-59(55,8)9/h15-19,23-26,28,33-39,63H,2,13-14,20-22,27,29-32H2,1,3-12H3/b49-28+,51-34+. The highest BCUT2D eigenvalue weighted by Gasteiger charge is 2.45. The summed E-state index contributed by atoms with van der Waals surface area (Å²) in [7, 11) is 2.32. The van der Waals surface area contributed by atoms with Crippen molar-refractivity contribution in [3.8, 4) is 11.1 Å². The smallest absolute Gasteiger partial charge is 0.283 e. The van der Waals surface area contributed by atoms with Gasteiger partial charge >= 0.3 is 0 Å². The van der Waals surface area contributed by atoms with E-state index in [9.17, 15) is 0 Å². The average Bonchev–Trinajstić information content (AvgIpc) is 3.25. The molecule has 0 amide bonds. The van der Waals surface area contributed by atoms with Crippen LogP contribution >= 0.6 is 0 Å². The summed E-state index contributed by atoms with van der Waals surface area (Å²) in [5.74, 6) is 0. The number of allylic oxidation sites excluding steroid dienone is 5. The Hall–Kier alpha value is -4.82. The zero-order valence-corrected chi connectivity index (χ0v) is 40.7. The van der Waals surface area contributed by atoms with Gasteiger partial charge in [-0.05, 0) is 195 Å². The Bertz CT molecular complexity index is 2610. The SMILES string of the molecule is C=C1/C=C(c2cc(CCCC)cc(C3(C)CCCCC3(C)C)c2C)\C(c2cc(-c3ccccc3)cc(C)c2[B]Nc2cc3c(cc2C)C(C)(C)CCC3(C)C)=C/Cc2ccccc21. The maximum Gasteiger partial charge on any atom is 0.283 e. The van der Waals surface area contributed by atoms with E-state index in [0.29, 0.717) is 0 Å². The maximum atomic E-state index is 4.84. The van der Waals surface area contributed by atoms with Gasteiger partial charge in [-0.25, -0.2) is 0 Å². The molecule has 1 nitrogen and oxygen atoms in total. The molecule has 1 fully saturated rings. The van der Waals surface area contributed by atoms with Crippen LogP contribution in [0.5, 0.6) is 0 Å². The summed E-state index contributed by atoms with van der Waals surface area (Å²) in [6.45, 7) is 31.5. The molecule has 0 heterocycles. The van der Waals surface area contributed by atoms with E-state index in [4.69, 9.17) is 6.58 Å². The molecule has 0 aliphatic heterocycles. The fraction of sp³-hybridized carbons (Fsp3) is 0.410. The lowest BCUT2D eigenvalue weighted by atomic mass is 9.55. The topological polar surface area (TPSA) is 12.0 Å². The summed E-state index contributed by atoms with van der Waals surface area (Å²) in [4.78, 5) is 0. The zero-order chi connectivity index (χ0) is 44.9. The molecule has 3 aliphatic carbocycles. The van der Waals surface area contributed by atoms with E-state index in [0.717, 1.165) is 18.4 Å². The molecule has 0 bridgehead atoms. The first-order valence-corrected chi connectivity index (χ1v) is 24.2. The minimum absolute atomic E-state index is 0.0746. The summed E-state index contributed by atoms with van der Waals surface area (Å²) in [6, 6.07) is 34.8. The van der Waals surface area contributed by atoms with Crippen LogP contribution in [0.25, 0.3) is 27.8 Å². The van der Waals surface area contributed by atoms with Gasteiger partial charge in [0.1, 0.15) is 0 Å². The monoisotopic (exact) mass is 831 g/mol. The van der Waals surface area contributed by atoms with Crippen LogP contribution in [0.1, 0.15) is 168 Å². The van der Waals surface area contributed by atoms with Crippen molar-refractivity contribution < 1.29 is 0 Å².